The van der Waals surface area contributed by atoms with Crippen molar-refractivity contribution in [3.8, 4) is 22.9 Å². The van der Waals surface area contributed by atoms with E-state index in [1.54, 1.807) is 6.20 Å². The lowest BCUT2D eigenvalue weighted by atomic mass is 10.2. The minimum absolute atomic E-state index is 0.0645. The molecule has 0 spiro atoms. The first-order valence-corrected chi connectivity index (χ1v) is 6.86. The minimum Gasteiger partial charge on any atom is -0.490 e. The van der Waals surface area contributed by atoms with Crippen molar-refractivity contribution < 1.29 is 9.47 Å². The average molecular weight is 275 g/mol. The van der Waals surface area contributed by atoms with Crippen LogP contribution < -0.4 is 15.2 Å². The summed E-state index contributed by atoms with van der Waals surface area (Å²) in [7, 11) is 0. The van der Waals surface area contributed by atoms with Gasteiger partial charge >= 0.3 is 0 Å². The molecule has 0 bridgehead atoms. The Bertz CT molecular complexity index is 564. The van der Waals surface area contributed by atoms with E-state index >= 15 is 0 Å². The number of hydrogen-bond donors (Lipinski definition) is 2. The Balaban J connectivity index is 2.33. The van der Waals surface area contributed by atoms with E-state index in [0.717, 1.165) is 28.6 Å². The molecule has 0 fully saturated rings. The van der Waals surface area contributed by atoms with Crippen LogP contribution in [0.15, 0.2) is 24.4 Å². The molecule has 0 amide bonds. The van der Waals surface area contributed by atoms with E-state index in [1.165, 1.54) is 0 Å². The highest BCUT2D eigenvalue weighted by Crippen LogP contribution is 2.32. The Labute approximate surface area is 119 Å². The fourth-order valence-corrected chi connectivity index (χ4v) is 1.91. The van der Waals surface area contributed by atoms with Crippen LogP contribution in [-0.2, 0) is 0 Å². The fraction of sp³-hybridized carbons (Fsp3) is 0.400. The molecule has 5 nitrogen and oxygen atoms in total. The summed E-state index contributed by atoms with van der Waals surface area (Å²) in [6, 6.07) is 5.72. The molecule has 2 aromatic rings. The van der Waals surface area contributed by atoms with Gasteiger partial charge in [0.1, 0.15) is 5.82 Å². The Morgan fingerprint density at radius 3 is 2.50 bits per heavy atom. The molecule has 0 aliphatic heterocycles. The van der Waals surface area contributed by atoms with Gasteiger partial charge in [-0.05, 0) is 39.0 Å². The van der Waals surface area contributed by atoms with E-state index in [9.17, 15) is 0 Å². The number of hydrogen-bond acceptors (Lipinski definition) is 4. The second kappa shape index (κ2) is 6.43. The van der Waals surface area contributed by atoms with Crippen molar-refractivity contribution in [2.45, 2.75) is 26.8 Å². The number of ether oxygens (including phenoxy) is 2. The van der Waals surface area contributed by atoms with Gasteiger partial charge in [0.25, 0.3) is 0 Å². The highest BCUT2D eigenvalue weighted by molar-refractivity contribution is 5.61. The van der Waals surface area contributed by atoms with Gasteiger partial charge < -0.3 is 20.2 Å². The number of nitrogens with one attached hydrogen (secondary N) is 1. The topological polar surface area (TPSA) is 73.2 Å². The van der Waals surface area contributed by atoms with Gasteiger partial charge in [0, 0.05) is 11.6 Å². The lowest BCUT2D eigenvalue weighted by Gasteiger charge is -2.11. The van der Waals surface area contributed by atoms with Crippen LogP contribution in [0.25, 0.3) is 11.4 Å². The minimum atomic E-state index is -0.0645. The molecule has 108 valence electrons. The van der Waals surface area contributed by atoms with Crippen molar-refractivity contribution >= 4 is 0 Å². The molecule has 0 radical (unpaired) electrons. The van der Waals surface area contributed by atoms with Gasteiger partial charge in [-0.3, -0.25) is 0 Å². The van der Waals surface area contributed by atoms with Gasteiger partial charge in [-0.25, -0.2) is 4.98 Å². The first kappa shape index (κ1) is 14.4. The van der Waals surface area contributed by atoms with Crippen molar-refractivity contribution in [2.24, 2.45) is 5.73 Å². The largest absolute Gasteiger partial charge is 0.490 e. The predicted molar refractivity (Wildman–Crippen MR) is 79.0 cm³/mol. The number of H-pyrrole nitrogens is 1. The van der Waals surface area contributed by atoms with Crippen molar-refractivity contribution in [3.05, 3.63) is 30.1 Å². The normalized spacial score (nSPS) is 12.2. The zero-order valence-electron chi connectivity index (χ0n) is 12.1. The molecule has 3 N–H and O–H groups in total. The number of aromatic nitrogens is 2. The van der Waals surface area contributed by atoms with Gasteiger partial charge in [0.2, 0.25) is 0 Å². The third-order valence-electron chi connectivity index (χ3n) is 2.90. The molecule has 1 aromatic carbocycles. The lowest BCUT2D eigenvalue weighted by molar-refractivity contribution is 0.288. The summed E-state index contributed by atoms with van der Waals surface area (Å²) in [4.78, 5) is 7.57. The molecule has 1 aromatic heterocycles. The second-order valence-electron chi connectivity index (χ2n) is 4.50. The smallest absolute Gasteiger partial charge is 0.161 e. The van der Waals surface area contributed by atoms with Crippen molar-refractivity contribution in [3.63, 3.8) is 0 Å². The second-order valence-corrected chi connectivity index (χ2v) is 4.50. The van der Waals surface area contributed by atoms with Gasteiger partial charge in [-0.15, -0.1) is 0 Å². The molecule has 1 unspecified atom stereocenters. The van der Waals surface area contributed by atoms with Crippen LogP contribution >= 0.6 is 0 Å². The Kier molecular flexibility index (Phi) is 4.63. The average Bonchev–Trinajstić information content (AvgIpc) is 2.91. The standard InChI is InChI=1S/C15H21N3O2/c1-4-19-13-7-6-11(8-14(13)20-5-2)15-17-9-12(18-15)10(3)16/h6-10H,4-5,16H2,1-3H3,(H,17,18). The number of nitrogens with two attached hydrogens (primary N) is 1. The zero-order chi connectivity index (χ0) is 14.5. The molecular weight excluding hydrogens is 254 g/mol. The zero-order valence-corrected chi connectivity index (χ0v) is 12.1. The summed E-state index contributed by atoms with van der Waals surface area (Å²) in [5.74, 6) is 2.25. The maximum atomic E-state index is 5.83. The molecule has 20 heavy (non-hydrogen) atoms. The monoisotopic (exact) mass is 275 g/mol. The van der Waals surface area contributed by atoms with Crippen molar-refractivity contribution in [2.75, 3.05) is 13.2 Å². The van der Waals surface area contributed by atoms with E-state index in [2.05, 4.69) is 9.97 Å². The maximum absolute atomic E-state index is 5.83. The van der Waals surface area contributed by atoms with E-state index in [4.69, 9.17) is 15.2 Å². The molecule has 1 atom stereocenters. The SMILES string of the molecule is CCOc1ccc(-c2ncc(C(C)N)[nH]2)cc1OCC. The molecule has 0 saturated carbocycles. The molecule has 0 aliphatic carbocycles. The van der Waals surface area contributed by atoms with Gasteiger partial charge in [-0.1, -0.05) is 0 Å². The Morgan fingerprint density at radius 1 is 1.20 bits per heavy atom. The molecule has 0 aliphatic rings. The van der Waals surface area contributed by atoms with Crippen LogP contribution in [0.2, 0.25) is 0 Å². The number of benzene rings is 1. The third-order valence-corrected chi connectivity index (χ3v) is 2.90. The van der Waals surface area contributed by atoms with Gasteiger partial charge in [0.15, 0.2) is 11.5 Å². The van der Waals surface area contributed by atoms with E-state index in [0.29, 0.717) is 13.2 Å². The van der Waals surface area contributed by atoms with Crippen LogP contribution in [0.1, 0.15) is 32.5 Å². The van der Waals surface area contributed by atoms with E-state index in [-0.39, 0.29) is 6.04 Å². The Morgan fingerprint density at radius 2 is 1.90 bits per heavy atom. The van der Waals surface area contributed by atoms with Crippen LogP contribution in [0, 0.1) is 0 Å². The number of nitrogens with zero attached hydrogens (tertiary/aromatic N) is 1. The number of aromatic amines is 1. The van der Waals surface area contributed by atoms with E-state index in [1.807, 2.05) is 39.0 Å². The highest BCUT2D eigenvalue weighted by atomic mass is 16.5. The van der Waals surface area contributed by atoms with Crippen LogP contribution in [0.3, 0.4) is 0 Å². The quantitative estimate of drug-likeness (QED) is 0.850. The molecule has 2 rings (SSSR count). The number of imidazole rings is 1. The molecule has 1 heterocycles. The van der Waals surface area contributed by atoms with Crippen LogP contribution in [0.4, 0.5) is 0 Å². The fourth-order valence-electron chi connectivity index (χ4n) is 1.91. The molecular formula is C15H21N3O2. The molecule has 0 saturated heterocycles. The third kappa shape index (κ3) is 3.11. The predicted octanol–water partition coefficient (Wildman–Crippen LogP) is 2.89. The summed E-state index contributed by atoms with van der Waals surface area (Å²) >= 11 is 0. The van der Waals surface area contributed by atoms with E-state index < -0.39 is 0 Å². The lowest BCUT2D eigenvalue weighted by Crippen LogP contribution is -2.04. The van der Waals surface area contributed by atoms with Crippen LogP contribution in [-0.4, -0.2) is 23.2 Å². The van der Waals surface area contributed by atoms with Crippen molar-refractivity contribution in [1.82, 2.24) is 9.97 Å². The summed E-state index contributed by atoms with van der Waals surface area (Å²) < 4.78 is 11.2. The summed E-state index contributed by atoms with van der Waals surface area (Å²) in [6.07, 6.45) is 1.76. The molecule has 5 heteroatoms. The first-order chi connectivity index (χ1) is 9.65. The summed E-state index contributed by atoms with van der Waals surface area (Å²) in [6.45, 7) is 7.01. The van der Waals surface area contributed by atoms with Crippen molar-refractivity contribution in [1.29, 1.82) is 0 Å². The first-order valence-electron chi connectivity index (χ1n) is 6.86. The number of rotatable bonds is 6. The van der Waals surface area contributed by atoms with Crippen LogP contribution in [0.5, 0.6) is 11.5 Å². The summed E-state index contributed by atoms with van der Waals surface area (Å²) in [5.41, 5.74) is 7.69. The summed E-state index contributed by atoms with van der Waals surface area (Å²) in [5, 5.41) is 0. The van der Waals surface area contributed by atoms with Gasteiger partial charge in [0.05, 0.1) is 25.1 Å². The van der Waals surface area contributed by atoms with Gasteiger partial charge in [-0.2, -0.15) is 0 Å². The Hall–Kier alpha value is -2.01. The highest BCUT2D eigenvalue weighted by Gasteiger charge is 2.11. The maximum Gasteiger partial charge on any atom is 0.161 e.